The highest BCUT2D eigenvalue weighted by Crippen LogP contribution is 2.33. The van der Waals surface area contributed by atoms with E-state index in [1.807, 2.05) is 23.1 Å². The van der Waals surface area contributed by atoms with E-state index in [0.29, 0.717) is 5.92 Å². The topological polar surface area (TPSA) is 49.8 Å². The zero-order valence-electron chi connectivity index (χ0n) is 10.8. The Hall–Kier alpha value is -1.55. The molecule has 18 heavy (non-hydrogen) atoms. The van der Waals surface area contributed by atoms with Crippen LogP contribution in [0, 0.1) is 0 Å². The van der Waals surface area contributed by atoms with Crippen molar-refractivity contribution in [2.45, 2.75) is 25.3 Å². The first kappa shape index (κ1) is 12.9. The summed E-state index contributed by atoms with van der Waals surface area (Å²) in [6, 6.07) is 7.57. The molecular formula is C14H19NO3. The molecule has 1 saturated heterocycles. The van der Waals surface area contributed by atoms with E-state index in [0.717, 1.165) is 25.3 Å². The zero-order chi connectivity index (χ0) is 13.1. The normalized spacial score (nSPS) is 21.8. The maximum absolute atomic E-state index is 11.0. The summed E-state index contributed by atoms with van der Waals surface area (Å²) in [6.07, 6.45) is 0.984. The lowest BCUT2D eigenvalue weighted by atomic mass is 9.97. The fraction of sp³-hybridized carbons (Fsp3) is 0.500. The maximum atomic E-state index is 11.0. The molecule has 4 nitrogen and oxygen atoms in total. The van der Waals surface area contributed by atoms with Crippen molar-refractivity contribution in [3.63, 3.8) is 0 Å². The van der Waals surface area contributed by atoms with E-state index < -0.39 is 12.0 Å². The highest BCUT2D eigenvalue weighted by Gasteiger charge is 2.31. The minimum Gasteiger partial charge on any atom is -0.496 e. The third kappa shape index (κ3) is 2.48. The lowest BCUT2D eigenvalue weighted by Gasteiger charge is -2.21. The van der Waals surface area contributed by atoms with Crippen molar-refractivity contribution in [2.75, 3.05) is 20.2 Å². The molecule has 1 aliphatic heterocycles. The van der Waals surface area contributed by atoms with Crippen LogP contribution in [-0.4, -0.2) is 42.2 Å². The summed E-state index contributed by atoms with van der Waals surface area (Å²) in [6.45, 7) is 3.36. The molecule has 1 aromatic rings. The molecule has 2 rings (SSSR count). The number of ether oxygens (including phenoxy) is 1. The van der Waals surface area contributed by atoms with Crippen LogP contribution in [0.3, 0.4) is 0 Å². The van der Waals surface area contributed by atoms with Crippen molar-refractivity contribution in [3.05, 3.63) is 29.8 Å². The fourth-order valence-corrected chi connectivity index (χ4v) is 2.55. The lowest BCUT2D eigenvalue weighted by molar-refractivity contribution is -0.142. The maximum Gasteiger partial charge on any atom is 0.320 e. The molecule has 1 heterocycles. The number of carboxylic acids is 1. The molecule has 0 aromatic heterocycles. The van der Waals surface area contributed by atoms with E-state index in [1.54, 1.807) is 14.0 Å². The van der Waals surface area contributed by atoms with Crippen LogP contribution in [0.5, 0.6) is 5.75 Å². The SMILES string of the molecule is COc1ccccc1C1CCN(C(C)C(=O)O)C1. The number of carbonyl (C=O) groups is 1. The quantitative estimate of drug-likeness (QED) is 0.886. The summed E-state index contributed by atoms with van der Waals surface area (Å²) < 4.78 is 5.37. The molecule has 1 aromatic carbocycles. The second kappa shape index (κ2) is 5.40. The van der Waals surface area contributed by atoms with Crippen LogP contribution < -0.4 is 4.74 Å². The summed E-state index contributed by atoms with van der Waals surface area (Å²) in [4.78, 5) is 13.0. The first-order valence-corrected chi connectivity index (χ1v) is 6.23. The number of rotatable bonds is 4. The van der Waals surface area contributed by atoms with Crippen molar-refractivity contribution in [3.8, 4) is 5.75 Å². The number of carboxylic acid groups (broad SMARTS) is 1. The number of nitrogens with zero attached hydrogens (tertiary/aromatic N) is 1. The van der Waals surface area contributed by atoms with Crippen LogP contribution in [0.1, 0.15) is 24.8 Å². The van der Waals surface area contributed by atoms with Gasteiger partial charge in [-0.1, -0.05) is 18.2 Å². The Balaban J connectivity index is 2.11. The molecule has 1 fully saturated rings. The molecule has 1 aliphatic rings. The Bertz CT molecular complexity index is 433. The third-order valence-corrected chi connectivity index (χ3v) is 3.70. The predicted octanol–water partition coefficient (Wildman–Crippen LogP) is 1.96. The van der Waals surface area contributed by atoms with E-state index in [-0.39, 0.29) is 0 Å². The van der Waals surface area contributed by atoms with Gasteiger partial charge in [0.1, 0.15) is 11.8 Å². The Kier molecular flexibility index (Phi) is 3.87. The third-order valence-electron chi connectivity index (χ3n) is 3.70. The number of benzene rings is 1. The van der Waals surface area contributed by atoms with Gasteiger partial charge in [0.2, 0.25) is 0 Å². The van der Waals surface area contributed by atoms with Gasteiger partial charge < -0.3 is 9.84 Å². The molecule has 0 spiro atoms. The standard InChI is InChI=1S/C14H19NO3/c1-10(14(16)17)15-8-7-11(9-15)12-5-3-4-6-13(12)18-2/h3-6,10-11H,7-9H2,1-2H3,(H,16,17). The van der Waals surface area contributed by atoms with Crippen LogP contribution in [0.15, 0.2) is 24.3 Å². The number of para-hydroxylation sites is 1. The summed E-state index contributed by atoms with van der Waals surface area (Å²) in [5.74, 6) is 0.506. The van der Waals surface area contributed by atoms with Gasteiger partial charge in [-0.25, -0.2) is 0 Å². The van der Waals surface area contributed by atoms with Crippen LogP contribution in [0.2, 0.25) is 0 Å². The summed E-state index contributed by atoms with van der Waals surface area (Å²) in [5.41, 5.74) is 1.18. The second-order valence-electron chi connectivity index (χ2n) is 4.74. The second-order valence-corrected chi connectivity index (χ2v) is 4.74. The van der Waals surface area contributed by atoms with Crippen molar-refractivity contribution in [1.82, 2.24) is 4.90 Å². The minimum atomic E-state index is -0.754. The first-order valence-electron chi connectivity index (χ1n) is 6.23. The summed E-state index contributed by atoms with van der Waals surface area (Å²) in [5, 5.41) is 9.03. The molecule has 98 valence electrons. The fourth-order valence-electron chi connectivity index (χ4n) is 2.55. The minimum absolute atomic E-state index is 0.364. The highest BCUT2D eigenvalue weighted by atomic mass is 16.5. The van der Waals surface area contributed by atoms with Crippen LogP contribution in [0.4, 0.5) is 0 Å². The molecule has 0 aliphatic carbocycles. The van der Waals surface area contributed by atoms with Crippen molar-refractivity contribution in [2.24, 2.45) is 0 Å². The van der Waals surface area contributed by atoms with E-state index in [2.05, 4.69) is 6.07 Å². The van der Waals surface area contributed by atoms with Gasteiger partial charge in [0.05, 0.1) is 7.11 Å². The van der Waals surface area contributed by atoms with Crippen molar-refractivity contribution in [1.29, 1.82) is 0 Å². The Labute approximate surface area is 107 Å². The largest absolute Gasteiger partial charge is 0.496 e. The van der Waals surface area contributed by atoms with E-state index in [4.69, 9.17) is 9.84 Å². The smallest absolute Gasteiger partial charge is 0.320 e. The molecule has 4 heteroatoms. The molecular weight excluding hydrogens is 230 g/mol. The van der Waals surface area contributed by atoms with E-state index in [9.17, 15) is 4.79 Å². The lowest BCUT2D eigenvalue weighted by Crippen LogP contribution is -2.37. The number of methoxy groups -OCH3 is 1. The number of hydrogen-bond acceptors (Lipinski definition) is 3. The van der Waals surface area contributed by atoms with Gasteiger partial charge >= 0.3 is 5.97 Å². The van der Waals surface area contributed by atoms with Crippen molar-refractivity contribution >= 4 is 5.97 Å². The van der Waals surface area contributed by atoms with E-state index >= 15 is 0 Å². The van der Waals surface area contributed by atoms with Crippen LogP contribution >= 0.6 is 0 Å². The van der Waals surface area contributed by atoms with Gasteiger partial charge in [-0.05, 0) is 31.5 Å². The van der Waals surface area contributed by atoms with Gasteiger partial charge in [0, 0.05) is 12.5 Å². The molecule has 2 atom stereocenters. The number of likely N-dealkylation sites (tertiary alicyclic amines) is 1. The van der Waals surface area contributed by atoms with Gasteiger partial charge in [0.15, 0.2) is 0 Å². The molecule has 0 bridgehead atoms. The first-order chi connectivity index (χ1) is 8.63. The summed E-state index contributed by atoms with van der Waals surface area (Å²) in [7, 11) is 1.67. The molecule has 0 amide bonds. The summed E-state index contributed by atoms with van der Waals surface area (Å²) >= 11 is 0. The monoisotopic (exact) mass is 249 g/mol. The van der Waals surface area contributed by atoms with E-state index in [1.165, 1.54) is 5.56 Å². The molecule has 1 N–H and O–H groups in total. The average Bonchev–Trinajstić information content (AvgIpc) is 2.87. The number of hydrogen-bond donors (Lipinski definition) is 1. The number of aliphatic carboxylic acids is 1. The van der Waals surface area contributed by atoms with Gasteiger partial charge in [0.25, 0.3) is 0 Å². The average molecular weight is 249 g/mol. The van der Waals surface area contributed by atoms with Crippen LogP contribution in [0.25, 0.3) is 0 Å². The van der Waals surface area contributed by atoms with Gasteiger partial charge in [-0.2, -0.15) is 0 Å². The Morgan fingerprint density at radius 1 is 1.50 bits per heavy atom. The van der Waals surface area contributed by atoms with Gasteiger partial charge in [-0.3, -0.25) is 9.69 Å². The Morgan fingerprint density at radius 2 is 2.22 bits per heavy atom. The molecule has 0 radical (unpaired) electrons. The molecule has 0 saturated carbocycles. The molecule has 2 unspecified atom stereocenters. The Morgan fingerprint density at radius 3 is 2.89 bits per heavy atom. The predicted molar refractivity (Wildman–Crippen MR) is 69.0 cm³/mol. The van der Waals surface area contributed by atoms with Gasteiger partial charge in [-0.15, -0.1) is 0 Å². The highest BCUT2D eigenvalue weighted by molar-refractivity contribution is 5.73. The van der Waals surface area contributed by atoms with Crippen LogP contribution in [-0.2, 0) is 4.79 Å². The van der Waals surface area contributed by atoms with Crippen molar-refractivity contribution < 1.29 is 14.6 Å². The zero-order valence-corrected chi connectivity index (χ0v) is 10.8.